The maximum absolute atomic E-state index is 13.0. The molecular weight excluding hydrogens is 345 g/mol. The molecule has 2 rings (SSSR count). The van der Waals surface area contributed by atoms with Crippen molar-refractivity contribution >= 4 is 24.9 Å². The summed E-state index contributed by atoms with van der Waals surface area (Å²) < 4.78 is 23.4. The van der Waals surface area contributed by atoms with Gasteiger partial charge in [0.05, 0.1) is 0 Å². The lowest BCUT2D eigenvalue weighted by Crippen LogP contribution is -2.13. The van der Waals surface area contributed by atoms with Crippen molar-refractivity contribution in [2.75, 3.05) is 19.5 Å². The van der Waals surface area contributed by atoms with E-state index in [0.29, 0.717) is 10.9 Å². The van der Waals surface area contributed by atoms with E-state index < -0.39 is 13.4 Å². The summed E-state index contributed by atoms with van der Waals surface area (Å²) in [7, 11) is -0.608. The lowest BCUT2D eigenvalue weighted by molar-refractivity contribution is 0.268. The van der Waals surface area contributed by atoms with Crippen molar-refractivity contribution in [3.05, 3.63) is 64.7 Å². The Labute approximate surface area is 148 Å². The molecule has 0 saturated heterocycles. The van der Waals surface area contributed by atoms with Gasteiger partial charge in [0.25, 0.3) is 0 Å². The third-order valence-electron chi connectivity index (χ3n) is 3.89. The summed E-state index contributed by atoms with van der Waals surface area (Å²) >= 11 is 5.95. The first-order valence-corrected chi connectivity index (χ1v) is 9.71. The van der Waals surface area contributed by atoms with E-state index in [1.807, 2.05) is 24.3 Å². The van der Waals surface area contributed by atoms with Crippen LogP contribution < -0.4 is 5.32 Å². The smallest absolute Gasteiger partial charge is 0.356 e. The van der Waals surface area contributed by atoms with Crippen molar-refractivity contribution in [1.29, 1.82) is 0 Å². The molecule has 2 aromatic rings. The van der Waals surface area contributed by atoms with Crippen molar-refractivity contribution in [2.24, 2.45) is 0 Å². The first kappa shape index (κ1) is 19.0. The molecule has 130 valence electrons. The second kappa shape index (κ2) is 8.17. The summed E-state index contributed by atoms with van der Waals surface area (Å²) in [5.74, 6) is -0.176. The summed E-state index contributed by atoms with van der Waals surface area (Å²) in [4.78, 5) is 0. The monoisotopic (exact) mass is 367 g/mol. The predicted molar refractivity (Wildman–Crippen MR) is 100.0 cm³/mol. The maximum Gasteiger partial charge on any atom is 0.356 e. The Morgan fingerprint density at radius 1 is 0.917 bits per heavy atom. The van der Waals surface area contributed by atoms with E-state index in [2.05, 4.69) is 31.3 Å². The Kier molecular flexibility index (Phi) is 6.47. The van der Waals surface area contributed by atoms with Gasteiger partial charge in [0.1, 0.15) is 0 Å². The standard InChI is InChI=1S/C18H23ClNO3P/c1-13(2)14-7-11-17(12-8-14)20-18(24(21,22-3)23-4)15-5-9-16(19)10-6-15/h5-13,18,20H,1-4H3/t18-/m1/s1. The van der Waals surface area contributed by atoms with Crippen LogP contribution in [0.25, 0.3) is 0 Å². The number of anilines is 1. The summed E-state index contributed by atoms with van der Waals surface area (Å²) in [5.41, 5.74) is 2.86. The highest BCUT2D eigenvalue weighted by molar-refractivity contribution is 7.54. The minimum atomic E-state index is -3.38. The third-order valence-corrected chi connectivity index (χ3v) is 6.22. The lowest BCUT2D eigenvalue weighted by Gasteiger charge is -2.26. The molecule has 0 aliphatic rings. The largest absolute Gasteiger partial charge is 0.368 e. The van der Waals surface area contributed by atoms with E-state index in [4.69, 9.17) is 20.6 Å². The van der Waals surface area contributed by atoms with Crippen molar-refractivity contribution in [3.63, 3.8) is 0 Å². The normalized spacial score (nSPS) is 13.1. The number of hydrogen-bond acceptors (Lipinski definition) is 4. The fourth-order valence-electron chi connectivity index (χ4n) is 2.40. The number of benzene rings is 2. The maximum atomic E-state index is 13.0. The molecule has 6 heteroatoms. The first-order valence-electron chi connectivity index (χ1n) is 7.72. The van der Waals surface area contributed by atoms with Crippen molar-refractivity contribution in [3.8, 4) is 0 Å². The lowest BCUT2D eigenvalue weighted by atomic mass is 10.0. The Hall–Kier alpha value is -1.32. The third kappa shape index (κ3) is 4.40. The van der Waals surface area contributed by atoms with Gasteiger partial charge in [0, 0.05) is 24.9 Å². The zero-order chi connectivity index (χ0) is 17.7. The Morgan fingerprint density at radius 3 is 1.88 bits per heavy atom. The van der Waals surface area contributed by atoms with Gasteiger partial charge >= 0.3 is 7.60 Å². The highest BCUT2D eigenvalue weighted by Gasteiger charge is 2.35. The van der Waals surface area contributed by atoms with Crippen LogP contribution in [0.3, 0.4) is 0 Å². The van der Waals surface area contributed by atoms with Crippen molar-refractivity contribution in [1.82, 2.24) is 0 Å². The molecule has 0 fully saturated rings. The number of hydrogen-bond donors (Lipinski definition) is 1. The SMILES string of the molecule is COP(=O)(OC)[C@@H](Nc1ccc(C(C)C)cc1)c1ccc(Cl)cc1. The van der Waals surface area contributed by atoms with Crippen LogP contribution in [0.1, 0.15) is 36.7 Å². The molecular formula is C18H23ClNO3P. The molecule has 1 atom stereocenters. The average Bonchev–Trinajstić information content (AvgIpc) is 2.60. The fourth-order valence-corrected chi connectivity index (χ4v) is 3.94. The fraction of sp³-hybridized carbons (Fsp3) is 0.333. The highest BCUT2D eigenvalue weighted by atomic mass is 35.5. The molecule has 0 saturated carbocycles. The Morgan fingerprint density at radius 2 is 1.42 bits per heavy atom. The highest BCUT2D eigenvalue weighted by Crippen LogP contribution is 2.59. The minimum absolute atomic E-state index is 0.454. The second-order valence-electron chi connectivity index (χ2n) is 5.78. The quantitative estimate of drug-likeness (QED) is 0.604. The molecule has 0 heterocycles. The predicted octanol–water partition coefficient (Wildman–Crippen LogP) is 6.06. The van der Waals surface area contributed by atoms with Crippen LogP contribution in [0.15, 0.2) is 48.5 Å². The molecule has 0 spiro atoms. The van der Waals surface area contributed by atoms with E-state index >= 15 is 0 Å². The van der Waals surface area contributed by atoms with Crippen LogP contribution >= 0.6 is 19.2 Å². The summed E-state index contributed by atoms with van der Waals surface area (Å²) in [6, 6.07) is 15.2. The molecule has 4 nitrogen and oxygen atoms in total. The van der Waals surface area contributed by atoms with Gasteiger partial charge in [0.2, 0.25) is 0 Å². The molecule has 0 bridgehead atoms. The minimum Gasteiger partial charge on any atom is -0.368 e. The number of halogens is 1. The van der Waals surface area contributed by atoms with Crippen LogP contribution in [0.4, 0.5) is 5.69 Å². The van der Waals surface area contributed by atoms with Gasteiger partial charge in [-0.2, -0.15) is 0 Å². The van der Waals surface area contributed by atoms with Gasteiger partial charge in [-0.15, -0.1) is 0 Å². The van der Waals surface area contributed by atoms with Crippen molar-refractivity contribution in [2.45, 2.75) is 25.5 Å². The Balaban J connectivity index is 2.35. The van der Waals surface area contributed by atoms with E-state index in [0.717, 1.165) is 11.3 Å². The van der Waals surface area contributed by atoms with Gasteiger partial charge < -0.3 is 14.4 Å². The van der Waals surface area contributed by atoms with Gasteiger partial charge in [0.15, 0.2) is 5.78 Å². The summed E-state index contributed by atoms with van der Waals surface area (Å²) in [6.07, 6.45) is 0. The zero-order valence-corrected chi connectivity index (χ0v) is 16.0. The molecule has 0 aliphatic carbocycles. The van der Waals surface area contributed by atoms with Crippen LogP contribution in [-0.4, -0.2) is 14.2 Å². The molecule has 0 aliphatic heterocycles. The second-order valence-corrected chi connectivity index (χ2v) is 8.54. The van der Waals surface area contributed by atoms with E-state index in [9.17, 15) is 4.57 Å². The van der Waals surface area contributed by atoms with E-state index in [1.54, 1.807) is 12.1 Å². The summed E-state index contributed by atoms with van der Waals surface area (Å²) in [6.45, 7) is 4.28. The summed E-state index contributed by atoms with van der Waals surface area (Å²) in [5, 5.41) is 3.88. The van der Waals surface area contributed by atoms with Gasteiger partial charge in [-0.3, -0.25) is 4.57 Å². The molecule has 24 heavy (non-hydrogen) atoms. The zero-order valence-electron chi connectivity index (χ0n) is 14.3. The average molecular weight is 368 g/mol. The van der Waals surface area contributed by atoms with Gasteiger partial charge in [-0.05, 0) is 41.3 Å². The van der Waals surface area contributed by atoms with Gasteiger partial charge in [-0.1, -0.05) is 49.7 Å². The topological polar surface area (TPSA) is 47.6 Å². The molecule has 2 aromatic carbocycles. The van der Waals surface area contributed by atoms with Gasteiger partial charge in [-0.25, -0.2) is 0 Å². The molecule has 1 N–H and O–H groups in total. The molecule has 0 radical (unpaired) electrons. The van der Waals surface area contributed by atoms with Crippen LogP contribution in [0.2, 0.25) is 5.02 Å². The number of rotatable bonds is 7. The number of nitrogens with one attached hydrogen (secondary N) is 1. The van der Waals surface area contributed by atoms with E-state index in [1.165, 1.54) is 19.8 Å². The first-order chi connectivity index (χ1) is 11.4. The molecule has 0 amide bonds. The van der Waals surface area contributed by atoms with Crippen LogP contribution in [0.5, 0.6) is 0 Å². The van der Waals surface area contributed by atoms with Crippen LogP contribution in [-0.2, 0) is 13.6 Å². The van der Waals surface area contributed by atoms with Crippen LogP contribution in [0, 0.1) is 0 Å². The van der Waals surface area contributed by atoms with Crippen molar-refractivity contribution < 1.29 is 13.6 Å². The molecule has 0 aromatic heterocycles. The van der Waals surface area contributed by atoms with E-state index in [-0.39, 0.29) is 0 Å². The Bertz CT molecular complexity index is 693. The molecule has 0 unspecified atom stereocenters.